The highest BCUT2D eigenvalue weighted by Gasteiger charge is 2.39. The molecule has 0 aliphatic carbocycles. The standard InChI is InChI=1S/C16H28FN3O/c1-6-16(4,20(7-2)8-3)15(19-18)12-10-9-11-13(21-5)14(12)17/h9-11,15,19H,6-8,18H2,1-5H3. The number of nitrogens with zero attached hydrogens (tertiary/aromatic N) is 1. The highest BCUT2D eigenvalue weighted by Crippen LogP contribution is 2.36. The van der Waals surface area contributed by atoms with E-state index >= 15 is 0 Å². The van der Waals surface area contributed by atoms with Crippen LogP contribution in [0.3, 0.4) is 0 Å². The molecule has 4 nitrogen and oxygen atoms in total. The number of benzene rings is 1. The molecular formula is C16H28FN3O. The minimum atomic E-state index is -0.352. The molecule has 0 bridgehead atoms. The maximum Gasteiger partial charge on any atom is 0.169 e. The number of nitrogens with two attached hydrogens (primary N) is 1. The Labute approximate surface area is 127 Å². The number of hydrogen-bond acceptors (Lipinski definition) is 4. The van der Waals surface area contributed by atoms with E-state index in [-0.39, 0.29) is 23.1 Å². The number of hydrogen-bond donors (Lipinski definition) is 2. The molecule has 1 aromatic rings. The van der Waals surface area contributed by atoms with Gasteiger partial charge in [-0.2, -0.15) is 0 Å². The van der Waals surface area contributed by atoms with Crippen LogP contribution in [0.25, 0.3) is 0 Å². The third kappa shape index (κ3) is 3.36. The molecular weight excluding hydrogens is 269 g/mol. The van der Waals surface area contributed by atoms with Crippen molar-refractivity contribution in [1.29, 1.82) is 0 Å². The fourth-order valence-corrected chi connectivity index (χ4v) is 3.07. The van der Waals surface area contributed by atoms with Gasteiger partial charge in [0.05, 0.1) is 13.2 Å². The Kier molecular flexibility index (Phi) is 6.58. The second-order valence-electron chi connectivity index (χ2n) is 5.35. The third-order valence-corrected chi connectivity index (χ3v) is 4.51. The molecule has 1 rings (SSSR count). The van der Waals surface area contributed by atoms with Crippen molar-refractivity contribution >= 4 is 0 Å². The lowest BCUT2D eigenvalue weighted by molar-refractivity contribution is 0.0683. The molecule has 0 saturated heterocycles. The number of halogens is 1. The average molecular weight is 297 g/mol. The average Bonchev–Trinajstić information content (AvgIpc) is 2.50. The Morgan fingerprint density at radius 3 is 2.38 bits per heavy atom. The molecule has 0 aromatic heterocycles. The summed E-state index contributed by atoms with van der Waals surface area (Å²) < 4.78 is 19.7. The first-order chi connectivity index (χ1) is 9.99. The molecule has 0 fully saturated rings. The van der Waals surface area contributed by atoms with E-state index in [1.54, 1.807) is 18.2 Å². The van der Waals surface area contributed by atoms with Crippen molar-refractivity contribution in [3.05, 3.63) is 29.6 Å². The normalized spacial score (nSPS) is 15.8. The number of rotatable bonds is 8. The first-order valence-electron chi connectivity index (χ1n) is 7.53. The number of ether oxygens (including phenoxy) is 1. The molecule has 0 amide bonds. The van der Waals surface area contributed by atoms with Crippen LogP contribution < -0.4 is 16.0 Å². The van der Waals surface area contributed by atoms with Crippen molar-refractivity contribution in [3.8, 4) is 5.75 Å². The van der Waals surface area contributed by atoms with Gasteiger partial charge in [-0.25, -0.2) is 4.39 Å². The van der Waals surface area contributed by atoms with Crippen molar-refractivity contribution in [3.63, 3.8) is 0 Å². The zero-order chi connectivity index (χ0) is 16.0. The molecule has 0 saturated carbocycles. The lowest BCUT2D eigenvalue weighted by Gasteiger charge is -2.45. The fourth-order valence-electron chi connectivity index (χ4n) is 3.07. The maximum atomic E-state index is 14.6. The molecule has 5 heteroatoms. The van der Waals surface area contributed by atoms with E-state index in [2.05, 4.69) is 38.0 Å². The molecule has 0 radical (unpaired) electrons. The predicted molar refractivity (Wildman–Crippen MR) is 84.6 cm³/mol. The van der Waals surface area contributed by atoms with E-state index in [0.717, 1.165) is 19.5 Å². The van der Waals surface area contributed by atoms with Crippen LogP contribution in [0.2, 0.25) is 0 Å². The molecule has 21 heavy (non-hydrogen) atoms. The van der Waals surface area contributed by atoms with Crippen LogP contribution >= 0.6 is 0 Å². The molecule has 2 unspecified atom stereocenters. The highest BCUT2D eigenvalue weighted by atomic mass is 19.1. The minimum absolute atomic E-state index is 0.241. The van der Waals surface area contributed by atoms with E-state index in [4.69, 9.17) is 10.6 Å². The van der Waals surface area contributed by atoms with E-state index in [9.17, 15) is 4.39 Å². The number of nitrogens with one attached hydrogen (secondary N) is 1. The third-order valence-electron chi connectivity index (χ3n) is 4.51. The van der Waals surface area contributed by atoms with Gasteiger partial charge < -0.3 is 4.74 Å². The quantitative estimate of drug-likeness (QED) is 0.572. The fraction of sp³-hybridized carbons (Fsp3) is 0.625. The number of methoxy groups -OCH3 is 1. The zero-order valence-corrected chi connectivity index (χ0v) is 13.7. The lowest BCUT2D eigenvalue weighted by Crippen LogP contribution is -2.55. The number of likely N-dealkylation sites (N-methyl/N-ethyl adjacent to an activating group) is 1. The Hall–Kier alpha value is -1.17. The van der Waals surface area contributed by atoms with Crippen molar-refractivity contribution in [2.24, 2.45) is 5.84 Å². The smallest absolute Gasteiger partial charge is 0.169 e. The van der Waals surface area contributed by atoms with Crippen LogP contribution in [0.15, 0.2) is 18.2 Å². The summed E-state index contributed by atoms with van der Waals surface area (Å²) in [6.07, 6.45) is 0.847. The summed E-state index contributed by atoms with van der Waals surface area (Å²) in [6, 6.07) is 4.85. The SMILES string of the molecule is CCN(CC)C(C)(CC)C(NN)c1cccc(OC)c1F. The highest BCUT2D eigenvalue weighted by molar-refractivity contribution is 5.34. The Morgan fingerprint density at radius 1 is 1.33 bits per heavy atom. The first-order valence-corrected chi connectivity index (χ1v) is 7.53. The van der Waals surface area contributed by atoms with Crippen molar-refractivity contribution in [2.45, 2.75) is 45.7 Å². The van der Waals surface area contributed by atoms with E-state index in [1.807, 2.05) is 0 Å². The Bertz CT molecular complexity index is 451. The van der Waals surface area contributed by atoms with Gasteiger partial charge in [-0.15, -0.1) is 0 Å². The van der Waals surface area contributed by atoms with Crippen LogP contribution in [0.1, 0.15) is 45.7 Å². The van der Waals surface area contributed by atoms with E-state index in [0.29, 0.717) is 5.56 Å². The van der Waals surface area contributed by atoms with Gasteiger partial charge in [0.25, 0.3) is 0 Å². The van der Waals surface area contributed by atoms with Crippen molar-refractivity contribution < 1.29 is 9.13 Å². The number of hydrazine groups is 1. The van der Waals surface area contributed by atoms with Crippen LogP contribution in [-0.4, -0.2) is 30.6 Å². The van der Waals surface area contributed by atoms with Gasteiger partial charge in [-0.1, -0.05) is 32.9 Å². The molecule has 0 heterocycles. The first kappa shape index (κ1) is 17.9. The summed E-state index contributed by atoms with van der Waals surface area (Å²) in [5.74, 6) is 5.68. The summed E-state index contributed by atoms with van der Waals surface area (Å²) in [5, 5.41) is 0. The van der Waals surface area contributed by atoms with Gasteiger partial charge >= 0.3 is 0 Å². The van der Waals surface area contributed by atoms with Gasteiger partial charge in [-0.05, 0) is 32.5 Å². The van der Waals surface area contributed by atoms with E-state index < -0.39 is 0 Å². The van der Waals surface area contributed by atoms with Crippen LogP contribution in [0, 0.1) is 5.82 Å². The Morgan fingerprint density at radius 2 is 1.95 bits per heavy atom. The van der Waals surface area contributed by atoms with E-state index in [1.165, 1.54) is 7.11 Å². The molecule has 0 spiro atoms. The topological polar surface area (TPSA) is 50.5 Å². The largest absolute Gasteiger partial charge is 0.494 e. The maximum absolute atomic E-state index is 14.6. The molecule has 120 valence electrons. The van der Waals surface area contributed by atoms with Gasteiger partial charge in [0.1, 0.15) is 0 Å². The summed E-state index contributed by atoms with van der Waals surface area (Å²) in [6.45, 7) is 10.2. The second kappa shape index (κ2) is 7.73. The van der Waals surface area contributed by atoms with Crippen LogP contribution in [0.4, 0.5) is 4.39 Å². The minimum Gasteiger partial charge on any atom is -0.494 e. The van der Waals surface area contributed by atoms with Gasteiger partial charge in [0.15, 0.2) is 11.6 Å². The van der Waals surface area contributed by atoms with Crippen LogP contribution in [0.5, 0.6) is 5.75 Å². The summed E-state index contributed by atoms with van der Waals surface area (Å²) in [5.41, 5.74) is 3.06. The molecule has 3 N–H and O–H groups in total. The summed E-state index contributed by atoms with van der Waals surface area (Å²) in [4.78, 5) is 2.30. The molecule has 0 aliphatic heterocycles. The molecule has 2 atom stereocenters. The molecule has 1 aromatic carbocycles. The Balaban J connectivity index is 3.34. The van der Waals surface area contributed by atoms with Crippen molar-refractivity contribution in [2.75, 3.05) is 20.2 Å². The summed E-state index contributed by atoms with van der Waals surface area (Å²) >= 11 is 0. The predicted octanol–water partition coefficient (Wildman–Crippen LogP) is 2.85. The second-order valence-corrected chi connectivity index (χ2v) is 5.35. The summed E-state index contributed by atoms with van der Waals surface area (Å²) in [7, 11) is 1.47. The van der Waals surface area contributed by atoms with Gasteiger partial charge in [0.2, 0.25) is 0 Å². The van der Waals surface area contributed by atoms with Gasteiger partial charge in [0, 0.05) is 11.1 Å². The van der Waals surface area contributed by atoms with Crippen LogP contribution in [-0.2, 0) is 0 Å². The van der Waals surface area contributed by atoms with Crippen molar-refractivity contribution in [1.82, 2.24) is 10.3 Å². The van der Waals surface area contributed by atoms with Gasteiger partial charge in [-0.3, -0.25) is 16.2 Å². The monoisotopic (exact) mass is 297 g/mol. The zero-order valence-electron chi connectivity index (χ0n) is 13.7. The molecule has 0 aliphatic rings. The lowest BCUT2D eigenvalue weighted by atomic mass is 9.83.